The van der Waals surface area contributed by atoms with Gasteiger partial charge in [-0.3, -0.25) is 9.69 Å². The summed E-state index contributed by atoms with van der Waals surface area (Å²) in [7, 11) is 1.96. The Bertz CT molecular complexity index is 214. The molecular weight excluding hydrogens is 190 g/mol. The van der Waals surface area contributed by atoms with Crippen LogP contribution in [0.5, 0.6) is 0 Å². The third-order valence-corrected chi connectivity index (χ3v) is 3.07. The molecule has 3 N–H and O–H groups in total. The lowest BCUT2D eigenvalue weighted by Gasteiger charge is -2.22. The molecule has 1 unspecified atom stereocenters. The first-order chi connectivity index (χ1) is 7.04. The molecule has 1 aliphatic carbocycles. The van der Waals surface area contributed by atoms with Gasteiger partial charge < -0.3 is 11.1 Å². The SMILES string of the molecule is CC(C)N(C)CC(=O)NC(CN)C1CC1. The second-order valence-electron chi connectivity index (χ2n) is 4.76. The summed E-state index contributed by atoms with van der Waals surface area (Å²) in [6.45, 7) is 5.17. The Morgan fingerprint density at radius 1 is 1.53 bits per heavy atom. The zero-order valence-corrected chi connectivity index (χ0v) is 9.99. The van der Waals surface area contributed by atoms with Crippen molar-refractivity contribution in [3.63, 3.8) is 0 Å². The number of carbonyl (C=O) groups excluding carboxylic acids is 1. The van der Waals surface area contributed by atoms with Crippen LogP contribution in [-0.2, 0) is 4.79 Å². The average molecular weight is 213 g/mol. The number of amides is 1. The number of hydrogen-bond donors (Lipinski definition) is 2. The Hall–Kier alpha value is -0.610. The van der Waals surface area contributed by atoms with E-state index in [1.807, 2.05) is 11.9 Å². The summed E-state index contributed by atoms with van der Waals surface area (Å²) >= 11 is 0. The molecule has 0 heterocycles. The summed E-state index contributed by atoms with van der Waals surface area (Å²) in [4.78, 5) is 13.7. The van der Waals surface area contributed by atoms with Crippen molar-refractivity contribution in [1.82, 2.24) is 10.2 Å². The first-order valence-electron chi connectivity index (χ1n) is 5.74. The highest BCUT2D eigenvalue weighted by atomic mass is 16.2. The standard InChI is InChI=1S/C11H23N3O/c1-8(2)14(3)7-11(15)13-10(6-12)9-4-5-9/h8-10H,4-7,12H2,1-3H3,(H,13,15). The Morgan fingerprint density at radius 3 is 2.53 bits per heavy atom. The van der Waals surface area contributed by atoms with E-state index >= 15 is 0 Å². The molecule has 0 aromatic carbocycles. The van der Waals surface area contributed by atoms with E-state index < -0.39 is 0 Å². The second kappa shape index (κ2) is 5.47. The van der Waals surface area contributed by atoms with Gasteiger partial charge >= 0.3 is 0 Å². The fourth-order valence-corrected chi connectivity index (χ4v) is 1.53. The number of nitrogens with zero attached hydrogens (tertiary/aromatic N) is 1. The van der Waals surface area contributed by atoms with E-state index in [1.165, 1.54) is 12.8 Å². The molecule has 0 spiro atoms. The molecule has 0 aromatic rings. The van der Waals surface area contributed by atoms with Gasteiger partial charge in [-0.2, -0.15) is 0 Å². The van der Waals surface area contributed by atoms with E-state index in [-0.39, 0.29) is 11.9 Å². The Kier molecular flexibility index (Phi) is 4.54. The fourth-order valence-electron chi connectivity index (χ4n) is 1.53. The van der Waals surface area contributed by atoms with Crippen LogP contribution in [0.15, 0.2) is 0 Å². The zero-order valence-electron chi connectivity index (χ0n) is 9.99. The summed E-state index contributed by atoms with van der Waals surface area (Å²) < 4.78 is 0. The molecule has 1 fully saturated rings. The molecule has 0 bridgehead atoms. The minimum absolute atomic E-state index is 0.0913. The third-order valence-electron chi connectivity index (χ3n) is 3.07. The van der Waals surface area contributed by atoms with Crippen molar-refractivity contribution in [1.29, 1.82) is 0 Å². The van der Waals surface area contributed by atoms with Gasteiger partial charge in [0.1, 0.15) is 0 Å². The predicted molar refractivity (Wildman–Crippen MR) is 61.5 cm³/mol. The van der Waals surface area contributed by atoms with Crippen molar-refractivity contribution in [3.8, 4) is 0 Å². The summed E-state index contributed by atoms with van der Waals surface area (Å²) in [5.74, 6) is 0.719. The molecule has 0 aliphatic heterocycles. The largest absolute Gasteiger partial charge is 0.351 e. The molecule has 0 aromatic heterocycles. The molecule has 4 nitrogen and oxygen atoms in total. The fraction of sp³-hybridized carbons (Fsp3) is 0.909. The quantitative estimate of drug-likeness (QED) is 0.662. The lowest BCUT2D eigenvalue weighted by atomic mass is 10.2. The van der Waals surface area contributed by atoms with Crippen LogP contribution in [0.25, 0.3) is 0 Å². The Morgan fingerprint density at radius 2 is 2.13 bits per heavy atom. The van der Waals surface area contributed by atoms with Crippen LogP contribution >= 0.6 is 0 Å². The highest BCUT2D eigenvalue weighted by Crippen LogP contribution is 2.32. The van der Waals surface area contributed by atoms with E-state index in [1.54, 1.807) is 0 Å². The van der Waals surface area contributed by atoms with Crippen LogP contribution in [0, 0.1) is 5.92 Å². The highest BCUT2D eigenvalue weighted by Gasteiger charge is 2.31. The van der Waals surface area contributed by atoms with Crippen LogP contribution < -0.4 is 11.1 Å². The third kappa shape index (κ3) is 4.18. The van der Waals surface area contributed by atoms with Crippen LogP contribution in [-0.4, -0.2) is 43.0 Å². The van der Waals surface area contributed by atoms with Gasteiger partial charge in [0.15, 0.2) is 0 Å². The zero-order chi connectivity index (χ0) is 11.4. The topological polar surface area (TPSA) is 58.4 Å². The summed E-state index contributed by atoms with van der Waals surface area (Å²) in [5, 5.41) is 3.01. The molecule has 1 amide bonds. The van der Waals surface area contributed by atoms with Crippen LogP contribution in [0.1, 0.15) is 26.7 Å². The minimum Gasteiger partial charge on any atom is -0.351 e. The van der Waals surface area contributed by atoms with Crippen LogP contribution in [0.3, 0.4) is 0 Å². The number of nitrogens with one attached hydrogen (secondary N) is 1. The predicted octanol–water partition coefficient (Wildman–Crippen LogP) is 0.180. The average Bonchev–Trinajstić information content (AvgIpc) is 2.97. The first kappa shape index (κ1) is 12.5. The van der Waals surface area contributed by atoms with E-state index in [4.69, 9.17) is 5.73 Å². The molecule has 15 heavy (non-hydrogen) atoms. The van der Waals surface area contributed by atoms with Crippen molar-refractivity contribution in [2.24, 2.45) is 11.7 Å². The van der Waals surface area contributed by atoms with Gasteiger partial charge in [-0.1, -0.05) is 0 Å². The van der Waals surface area contributed by atoms with E-state index in [9.17, 15) is 4.79 Å². The molecule has 4 heteroatoms. The number of carbonyl (C=O) groups is 1. The van der Waals surface area contributed by atoms with Gasteiger partial charge in [-0.05, 0) is 39.7 Å². The molecule has 1 rings (SSSR count). The normalized spacial score (nSPS) is 18.3. The van der Waals surface area contributed by atoms with Gasteiger partial charge in [0.25, 0.3) is 0 Å². The number of likely N-dealkylation sites (N-methyl/N-ethyl adjacent to an activating group) is 1. The molecule has 1 atom stereocenters. The lowest BCUT2D eigenvalue weighted by Crippen LogP contribution is -2.46. The second-order valence-corrected chi connectivity index (χ2v) is 4.76. The minimum atomic E-state index is 0.0913. The van der Waals surface area contributed by atoms with Crippen molar-refractivity contribution in [2.45, 2.75) is 38.8 Å². The maximum atomic E-state index is 11.7. The molecule has 88 valence electrons. The van der Waals surface area contributed by atoms with Crippen molar-refractivity contribution >= 4 is 5.91 Å². The number of nitrogens with two attached hydrogens (primary N) is 1. The van der Waals surface area contributed by atoms with Crippen molar-refractivity contribution < 1.29 is 4.79 Å². The number of hydrogen-bond acceptors (Lipinski definition) is 3. The molecule has 1 aliphatic rings. The van der Waals surface area contributed by atoms with Gasteiger partial charge in [0, 0.05) is 18.6 Å². The van der Waals surface area contributed by atoms with Gasteiger partial charge in [-0.15, -0.1) is 0 Å². The molecule has 0 radical (unpaired) electrons. The summed E-state index contributed by atoms with van der Waals surface area (Å²) in [6.07, 6.45) is 2.42. The molecular formula is C11H23N3O. The van der Waals surface area contributed by atoms with E-state index in [0.29, 0.717) is 25.0 Å². The number of rotatable bonds is 6. The monoisotopic (exact) mass is 213 g/mol. The van der Waals surface area contributed by atoms with Gasteiger partial charge in [0.2, 0.25) is 5.91 Å². The van der Waals surface area contributed by atoms with Crippen LogP contribution in [0.2, 0.25) is 0 Å². The molecule has 0 saturated heterocycles. The Labute approximate surface area is 92.2 Å². The maximum absolute atomic E-state index is 11.7. The van der Waals surface area contributed by atoms with Gasteiger partial charge in [-0.25, -0.2) is 0 Å². The van der Waals surface area contributed by atoms with Gasteiger partial charge in [0.05, 0.1) is 6.54 Å². The lowest BCUT2D eigenvalue weighted by molar-refractivity contribution is -0.123. The Balaban J connectivity index is 2.27. The summed E-state index contributed by atoms with van der Waals surface area (Å²) in [6, 6.07) is 0.589. The maximum Gasteiger partial charge on any atom is 0.234 e. The van der Waals surface area contributed by atoms with Crippen LogP contribution in [0.4, 0.5) is 0 Å². The first-order valence-corrected chi connectivity index (χ1v) is 5.74. The van der Waals surface area contributed by atoms with Crippen molar-refractivity contribution in [3.05, 3.63) is 0 Å². The highest BCUT2D eigenvalue weighted by molar-refractivity contribution is 5.78. The smallest absolute Gasteiger partial charge is 0.234 e. The van der Waals surface area contributed by atoms with E-state index in [2.05, 4.69) is 19.2 Å². The van der Waals surface area contributed by atoms with E-state index in [0.717, 1.165) is 0 Å². The summed E-state index contributed by atoms with van der Waals surface area (Å²) in [5.41, 5.74) is 5.62. The molecule has 1 saturated carbocycles. The van der Waals surface area contributed by atoms with Crippen molar-refractivity contribution in [2.75, 3.05) is 20.1 Å².